The van der Waals surface area contributed by atoms with Gasteiger partial charge in [0.15, 0.2) is 6.04 Å². The summed E-state index contributed by atoms with van der Waals surface area (Å²) in [6.45, 7) is 5.39. The summed E-state index contributed by atoms with van der Waals surface area (Å²) in [7, 11) is 0. The molecule has 3 amide bonds. The normalized spacial score (nSPS) is 15.5. The minimum atomic E-state index is -1.54. The Morgan fingerprint density at radius 2 is 1.66 bits per heavy atom. The maximum Gasteiger partial charge on any atom is 0.328 e. The lowest BCUT2D eigenvalue weighted by Crippen LogP contribution is -2.58. The van der Waals surface area contributed by atoms with Gasteiger partial charge in [0.1, 0.15) is 12.1 Å². The molecule has 0 aliphatic rings. The molecule has 5 atom stereocenters. The van der Waals surface area contributed by atoms with Crippen molar-refractivity contribution < 1.29 is 29.4 Å². The van der Waals surface area contributed by atoms with E-state index in [1.807, 2.05) is 13.8 Å². The molecule has 1 heterocycles. The van der Waals surface area contributed by atoms with Gasteiger partial charge in [-0.25, -0.2) is 9.78 Å². The molecule has 10 N–H and O–H groups in total. The second kappa shape index (κ2) is 15.1. The predicted octanol–water partition coefficient (Wildman–Crippen LogP) is -1.63. The zero-order valence-corrected chi connectivity index (χ0v) is 20.5. The molecule has 0 bridgehead atoms. The van der Waals surface area contributed by atoms with Gasteiger partial charge in [0.2, 0.25) is 17.7 Å². The van der Waals surface area contributed by atoms with Crippen molar-refractivity contribution in [3.05, 3.63) is 18.2 Å². The number of hydrogen-bond acceptors (Lipinski definition) is 8. The van der Waals surface area contributed by atoms with E-state index in [0.717, 1.165) is 6.42 Å². The number of carboxylic acid groups (broad SMARTS) is 1. The highest BCUT2D eigenvalue weighted by molar-refractivity contribution is 5.94. The topological polar surface area (TPSA) is 226 Å². The molecule has 1 aromatic rings. The largest absolute Gasteiger partial charge is 0.480 e. The van der Waals surface area contributed by atoms with E-state index in [9.17, 15) is 29.4 Å². The summed E-state index contributed by atoms with van der Waals surface area (Å²) in [6.07, 6.45) is 3.63. The Morgan fingerprint density at radius 1 is 1.03 bits per heavy atom. The number of H-pyrrole nitrogens is 1. The fourth-order valence-corrected chi connectivity index (χ4v) is 3.36. The lowest BCUT2D eigenvalue weighted by Gasteiger charge is -2.26. The monoisotopic (exact) mass is 497 g/mol. The molecule has 198 valence electrons. The Kier molecular flexibility index (Phi) is 12.9. The van der Waals surface area contributed by atoms with Crippen LogP contribution in [0.25, 0.3) is 0 Å². The molecule has 0 fully saturated rings. The van der Waals surface area contributed by atoms with Crippen molar-refractivity contribution in [3.63, 3.8) is 0 Å². The number of rotatable bonds is 16. The number of imidazole rings is 1. The number of carbonyl (C=O) groups excluding carboxylic acids is 3. The number of aliphatic hydroxyl groups is 1. The average molecular weight is 498 g/mol. The third kappa shape index (κ3) is 10.8. The van der Waals surface area contributed by atoms with Gasteiger partial charge in [0.05, 0.1) is 18.5 Å². The molecule has 35 heavy (non-hydrogen) atoms. The maximum absolute atomic E-state index is 13.2. The summed E-state index contributed by atoms with van der Waals surface area (Å²) in [5.74, 6) is -3.36. The van der Waals surface area contributed by atoms with Gasteiger partial charge in [-0.15, -0.1) is 0 Å². The molecule has 0 aliphatic heterocycles. The highest BCUT2D eigenvalue weighted by atomic mass is 16.4. The van der Waals surface area contributed by atoms with Gasteiger partial charge in [0.25, 0.3) is 0 Å². The van der Waals surface area contributed by atoms with Crippen LogP contribution in [-0.4, -0.2) is 80.7 Å². The summed E-state index contributed by atoms with van der Waals surface area (Å²) >= 11 is 0. The predicted molar refractivity (Wildman–Crippen MR) is 128 cm³/mol. The molecular weight excluding hydrogens is 458 g/mol. The minimum absolute atomic E-state index is 0.0301. The first-order valence-corrected chi connectivity index (χ1v) is 11.7. The first-order chi connectivity index (χ1) is 16.5. The Bertz CT molecular complexity index is 815. The van der Waals surface area contributed by atoms with Crippen LogP contribution in [0.3, 0.4) is 0 Å². The lowest BCUT2D eigenvalue weighted by molar-refractivity contribution is -0.145. The smallest absolute Gasteiger partial charge is 0.328 e. The van der Waals surface area contributed by atoms with Crippen LogP contribution in [0, 0.1) is 5.92 Å². The molecule has 0 aliphatic carbocycles. The molecule has 13 heteroatoms. The SMILES string of the molecule is CC(C)CC(NC(=O)C(Cc1cnc[nH]1)NC(=O)C(N)CCCCN)C(=O)NC(C(=O)O)C(C)O. The molecule has 0 spiro atoms. The van der Waals surface area contributed by atoms with E-state index in [1.54, 1.807) is 0 Å². The van der Waals surface area contributed by atoms with E-state index >= 15 is 0 Å². The summed E-state index contributed by atoms with van der Waals surface area (Å²) in [5.41, 5.74) is 12.0. The van der Waals surface area contributed by atoms with Crippen molar-refractivity contribution in [2.75, 3.05) is 6.54 Å². The molecule has 5 unspecified atom stereocenters. The Morgan fingerprint density at radius 3 is 2.17 bits per heavy atom. The van der Waals surface area contributed by atoms with Crippen LogP contribution < -0.4 is 27.4 Å². The molecule has 0 saturated carbocycles. The number of unbranched alkanes of at least 4 members (excludes halogenated alkanes) is 1. The number of amides is 3. The molecule has 13 nitrogen and oxygen atoms in total. The van der Waals surface area contributed by atoms with Crippen LogP contribution in [0.4, 0.5) is 0 Å². The molecule has 0 radical (unpaired) electrons. The lowest BCUT2D eigenvalue weighted by atomic mass is 10.0. The fourth-order valence-electron chi connectivity index (χ4n) is 3.36. The number of aliphatic carboxylic acids is 1. The summed E-state index contributed by atoms with van der Waals surface area (Å²) in [6, 6.07) is -4.54. The Labute approximate surface area is 204 Å². The van der Waals surface area contributed by atoms with E-state index in [-0.39, 0.29) is 18.8 Å². The van der Waals surface area contributed by atoms with Crippen LogP contribution in [0.5, 0.6) is 0 Å². The standard InChI is InChI=1S/C22H39N7O6/c1-12(2)8-16(21(33)29-18(13(3)30)22(34)35)28-20(32)17(9-14-10-25-11-26-14)27-19(31)15(24)6-4-5-7-23/h10-13,15-18,30H,4-9,23-24H2,1-3H3,(H,25,26)(H,27,31)(H,28,32)(H,29,33)(H,34,35). The van der Waals surface area contributed by atoms with Crippen LogP contribution >= 0.6 is 0 Å². The van der Waals surface area contributed by atoms with Gasteiger partial charge in [-0.2, -0.15) is 0 Å². The molecule has 1 rings (SSSR count). The molecule has 0 saturated heterocycles. The van der Waals surface area contributed by atoms with Crippen molar-refractivity contribution in [3.8, 4) is 0 Å². The number of aliphatic hydroxyl groups excluding tert-OH is 1. The minimum Gasteiger partial charge on any atom is -0.480 e. The summed E-state index contributed by atoms with van der Waals surface area (Å²) < 4.78 is 0. The van der Waals surface area contributed by atoms with Crippen LogP contribution in [0.2, 0.25) is 0 Å². The molecule has 1 aromatic heterocycles. The fraction of sp³-hybridized carbons (Fsp3) is 0.682. The second-order valence-corrected chi connectivity index (χ2v) is 8.99. The zero-order valence-electron chi connectivity index (χ0n) is 20.5. The van der Waals surface area contributed by atoms with Crippen LogP contribution in [0.1, 0.15) is 52.1 Å². The number of hydrogen-bond donors (Lipinski definition) is 8. The van der Waals surface area contributed by atoms with Crippen molar-refractivity contribution in [1.82, 2.24) is 25.9 Å². The van der Waals surface area contributed by atoms with Gasteiger partial charge in [-0.3, -0.25) is 14.4 Å². The molecule has 0 aromatic carbocycles. The van der Waals surface area contributed by atoms with Crippen molar-refractivity contribution >= 4 is 23.7 Å². The number of nitrogens with zero attached hydrogens (tertiary/aromatic N) is 1. The third-order valence-corrected chi connectivity index (χ3v) is 5.30. The maximum atomic E-state index is 13.2. The average Bonchev–Trinajstić information content (AvgIpc) is 3.28. The summed E-state index contributed by atoms with van der Waals surface area (Å²) in [5, 5.41) is 26.4. The highest BCUT2D eigenvalue weighted by Crippen LogP contribution is 2.08. The number of aromatic nitrogens is 2. The third-order valence-electron chi connectivity index (χ3n) is 5.30. The van der Waals surface area contributed by atoms with Crippen LogP contribution in [0.15, 0.2) is 12.5 Å². The number of aromatic amines is 1. The van der Waals surface area contributed by atoms with Gasteiger partial charge in [-0.1, -0.05) is 20.3 Å². The van der Waals surface area contributed by atoms with Gasteiger partial charge >= 0.3 is 5.97 Å². The molecular formula is C22H39N7O6. The number of nitrogens with one attached hydrogen (secondary N) is 4. The van der Waals surface area contributed by atoms with E-state index in [0.29, 0.717) is 25.1 Å². The van der Waals surface area contributed by atoms with Crippen molar-refractivity contribution in [2.24, 2.45) is 17.4 Å². The first-order valence-electron chi connectivity index (χ1n) is 11.7. The van der Waals surface area contributed by atoms with E-state index in [4.69, 9.17) is 11.5 Å². The highest BCUT2D eigenvalue weighted by Gasteiger charge is 2.32. The number of carbonyl (C=O) groups is 4. The van der Waals surface area contributed by atoms with E-state index < -0.39 is 54.0 Å². The van der Waals surface area contributed by atoms with Crippen LogP contribution in [-0.2, 0) is 25.6 Å². The van der Waals surface area contributed by atoms with Crippen molar-refractivity contribution in [2.45, 2.75) is 83.1 Å². The van der Waals surface area contributed by atoms with E-state index in [2.05, 4.69) is 25.9 Å². The van der Waals surface area contributed by atoms with E-state index in [1.165, 1.54) is 19.4 Å². The first kappa shape index (κ1) is 30.0. The quantitative estimate of drug-likeness (QED) is 0.123. The second-order valence-electron chi connectivity index (χ2n) is 8.99. The van der Waals surface area contributed by atoms with Gasteiger partial charge in [-0.05, 0) is 38.6 Å². The summed E-state index contributed by atoms with van der Waals surface area (Å²) in [4.78, 5) is 56.8. The number of nitrogens with two attached hydrogens (primary N) is 2. The van der Waals surface area contributed by atoms with Gasteiger partial charge in [0, 0.05) is 18.3 Å². The number of carboxylic acids is 1. The van der Waals surface area contributed by atoms with Crippen molar-refractivity contribution in [1.29, 1.82) is 0 Å². The van der Waals surface area contributed by atoms with Gasteiger partial charge < -0.3 is 42.6 Å². The Hall–Kier alpha value is -3.03. The zero-order chi connectivity index (χ0) is 26.5. The Balaban J connectivity index is 3.01.